The third-order valence-electron chi connectivity index (χ3n) is 1.44. The summed E-state index contributed by atoms with van der Waals surface area (Å²) in [6.07, 6.45) is 0. The molecule has 68 valence electrons. The normalized spacial score (nSPS) is 12.3. The predicted octanol–water partition coefficient (Wildman–Crippen LogP) is 1.54. The van der Waals surface area contributed by atoms with Crippen molar-refractivity contribution < 1.29 is 4.79 Å². The number of thioether (sulfide) groups is 1. The molecule has 0 atom stereocenters. The maximum atomic E-state index is 11.1. The highest BCUT2D eigenvalue weighted by atomic mass is 32.2. The van der Waals surface area contributed by atoms with E-state index in [0.29, 0.717) is 10.6 Å². The summed E-state index contributed by atoms with van der Waals surface area (Å²) in [4.78, 5) is 11.9. The van der Waals surface area contributed by atoms with Gasteiger partial charge in [0.1, 0.15) is 0 Å². The number of rotatable bonds is 3. The summed E-state index contributed by atoms with van der Waals surface area (Å²) in [6.45, 7) is 5.29. The van der Waals surface area contributed by atoms with Crippen molar-refractivity contribution in [1.82, 2.24) is 0 Å². The maximum absolute atomic E-state index is 11.1. The van der Waals surface area contributed by atoms with Crippen LogP contribution in [0.15, 0.2) is 10.5 Å². The molecule has 0 bridgehead atoms. The highest BCUT2D eigenvalue weighted by molar-refractivity contribution is 8.17. The number of hydrogen-bond donors (Lipinski definition) is 2. The van der Waals surface area contributed by atoms with Gasteiger partial charge in [-0.2, -0.15) is 0 Å². The van der Waals surface area contributed by atoms with Crippen LogP contribution in [0.1, 0.15) is 20.8 Å². The van der Waals surface area contributed by atoms with Crippen molar-refractivity contribution in [2.45, 2.75) is 20.8 Å². The molecule has 0 saturated heterocycles. The Morgan fingerprint density at radius 2 is 1.92 bits per heavy atom. The van der Waals surface area contributed by atoms with Crippen LogP contribution >= 0.6 is 11.8 Å². The van der Waals surface area contributed by atoms with Crippen LogP contribution in [0.5, 0.6) is 0 Å². The number of allylic oxidation sites excluding steroid dienone is 1. The van der Waals surface area contributed by atoms with Gasteiger partial charge in [0, 0.05) is 5.57 Å². The summed E-state index contributed by atoms with van der Waals surface area (Å²) in [5.41, 5.74) is 5.86. The lowest BCUT2D eigenvalue weighted by Gasteiger charge is -2.03. The number of carbonyl (C=O) groups excluding carboxylic acids is 1. The summed E-state index contributed by atoms with van der Waals surface area (Å²) < 4.78 is 0. The van der Waals surface area contributed by atoms with Gasteiger partial charge in [-0.1, -0.05) is 11.8 Å². The second-order valence-electron chi connectivity index (χ2n) is 2.47. The third kappa shape index (κ3) is 3.69. The van der Waals surface area contributed by atoms with E-state index in [9.17, 15) is 4.79 Å². The van der Waals surface area contributed by atoms with Gasteiger partial charge in [-0.25, -0.2) is 0 Å². The molecular weight excluding hydrogens is 172 g/mol. The number of carbonyl (C=O) groups is 1. The minimum absolute atomic E-state index is 0.0424. The van der Waals surface area contributed by atoms with E-state index in [1.165, 1.54) is 11.8 Å². The SMILES string of the molecule is CC(=N)S/C(C)=C(\C)C(=O)CN. The first-order chi connectivity index (χ1) is 5.49. The Hall–Kier alpha value is -0.610. The molecule has 0 aromatic carbocycles. The minimum Gasteiger partial charge on any atom is -0.324 e. The molecule has 0 aromatic rings. The summed E-state index contributed by atoms with van der Waals surface area (Å²) in [5.74, 6) is -0.0544. The lowest BCUT2D eigenvalue weighted by atomic mass is 10.2. The van der Waals surface area contributed by atoms with E-state index < -0.39 is 0 Å². The van der Waals surface area contributed by atoms with Gasteiger partial charge < -0.3 is 5.73 Å². The lowest BCUT2D eigenvalue weighted by Crippen LogP contribution is -2.14. The van der Waals surface area contributed by atoms with Gasteiger partial charge in [-0.3, -0.25) is 10.2 Å². The van der Waals surface area contributed by atoms with Gasteiger partial charge in [0.25, 0.3) is 0 Å². The zero-order valence-corrected chi connectivity index (χ0v) is 8.42. The Bertz CT molecular complexity index is 233. The van der Waals surface area contributed by atoms with E-state index in [1.807, 2.05) is 6.92 Å². The second kappa shape index (κ2) is 5.11. The first-order valence-electron chi connectivity index (χ1n) is 3.62. The molecule has 12 heavy (non-hydrogen) atoms. The Labute approximate surface area is 76.9 Å². The van der Waals surface area contributed by atoms with Crippen LogP contribution in [-0.4, -0.2) is 17.4 Å². The fourth-order valence-electron chi connectivity index (χ4n) is 0.656. The van der Waals surface area contributed by atoms with Crippen molar-refractivity contribution in [3.8, 4) is 0 Å². The molecule has 0 fully saturated rings. The van der Waals surface area contributed by atoms with Gasteiger partial charge in [-0.05, 0) is 25.7 Å². The number of nitrogens with one attached hydrogen (secondary N) is 1. The summed E-state index contributed by atoms with van der Waals surface area (Å²) in [7, 11) is 0. The van der Waals surface area contributed by atoms with Crippen molar-refractivity contribution in [3.05, 3.63) is 10.5 Å². The molecule has 0 saturated carbocycles. The minimum atomic E-state index is -0.0544. The van der Waals surface area contributed by atoms with Crippen LogP contribution in [0, 0.1) is 5.41 Å². The van der Waals surface area contributed by atoms with Crippen molar-refractivity contribution in [3.63, 3.8) is 0 Å². The van der Waals surface area contributed by atoms with E-state index in [1.54, 1.807) is 13.8 Å². The third-order valence-corrected chi connectivity index (χ3v) is 2.36. The first-order valence-corrected chi connectivity index (χ1v) is 4.44. The zero-order valence-electron chi connectivity index (χ0n) is 7.60. The van der Waals surface area contributed by atoms with Crippen LogP contribution in [0.2, 0.25) is 0 Å². The fourth-order valence-corrected chi connectivity index (χ4v) is 1.38. The highest BCUT2D eigenvalue weighted by Crippen LogP contribution is 2.19. The smallest absolute Gasteiger partial charge is 0.172 e. The Morgan fingerprint density at radius 3 is 2.25 bits per heavy atom. The molecule has 0 heterocycles. The van der Waals surface area contributed by atoms with Crippen LogP contribution in [0.4, 0.5) is 0 Å². The van der Waals surface area contributed by atoms with E-state index in [-0.39, 0.29) is 12.3 Å². The molecule has 0 aliphatic carbocycles. The Kier molecular flexibility index (Phi) is 4.85. The number of nitrogens with two attached hydrogens (primary N) is 1. The van der Waals surface area contributed by atoms with Crippen LogP contribution < -0.4 is 5.73 Å². The lowest BCUT2D eigenvalue weighted by molar-refractivity contribution is -0.114. The molecule has 0 rings (SSSR count). The predicted molar refractivity (Wildman–Crippen MR) is 53.4 cm³/mol. The molecule has 0 aromatic heterocycles. The number of hydrogen-bond acceptors (Lipinski definition) is 4. The van der Waals surface area contributed by atoms with E-state index >= 15 is 0 Å². The molecule has 0 amide bonds. The van der Waals surface area contributed by atoms with Crippen LogP contribution in [0.3, 0.4) is 0 Å². The molecular formula is C8H14N2OS. The summed E-state index contributed by atoms with van der Waals surface area (Å²) >= 11 is 1.29. The highest BCUT2D eigenvalue weighted by Gasteiger charge is 2.06. The van der Waals surface area contributed by atoms with Crippen molar-refractivity contribution >= 4 is 22.6 Å². The first kappa shape index (κ1) is 11.4. The average Bonchev–Trinajstić information content (AvgIpc) is 2.00. The topological polar surface area (TPSA) is 66.9 Å². The van der Waals surface area contributed by atoms with Gasteiger partial charge in [-0.15, -0.1) is 0 Å². The van der Waals surface area contributed by atoms with Crippen molar-refractivity contribution in [2.75, 3.05) is 6.54 Å². The molecule has 3 nitrogen and oxygen atoms in total. The van der Waals surface area contributed by atoms with Gasteiger partial charge in [0.15, 0.2) is 5.78 Å². The van der Waals surface area contributed by atoms with Gasteiger partial charge >= 0.3 is 0 Å². The molecule has 0 aliphatic heterocycles. The molecule has 4 heteroatoms. The Balaban J connectivity index is 4.46. The quantitative estimate of drug-likeness (QED) is 0.399. The van der Waals surface area contributed by atoms with E-state index in [2.05, 4.69) is 0 Å². The number of ketones is 1. The molecule has 0 radical (unpaired) electrons. The van der Waals surface area contributed by atoms with Crippen LogP contribution in [0.25, 0.3) is 0 Å². The Morgan fingerprint density at radius 1 is 1.42 bits per heavy atom. The van der Waals surface area contributed by atoms with Crippen molar-refractivity contribution in [1.29, 1.82) is 5.41 Å². The maximum Gasteiger partial charge on any atom is 0.172 e. The number of Topliss-reactive ketones (excluding diaryl/α,β-unsaturated/α-hetero) is 1. The van der Waals surface area contributed by atoms with E-state index in [0.717, 1.165) is 4.91 Å². The largest absolute Gasteiger partial charge is 0.324 e. The second-order valence-corrected chi connectivity index (χ2v) is 3.90. The standard InChI is InChI=1S/C8H14N2OS/c1-5(8(11)4-9)6(2)12-7(3)10/h10H,4,9H2,1-3H3/b6-5+,10-7?. The molecule has 3 N–H and O–H groups in total. The zero-order chi connectivity index (χ0) is 9.72. The van der Waals surface area contributed by atoms with Crippen molar-refractivity contribution in [2.24, 2.45) is 5.73 Å². The fraction of sp³-hybridized carbons (Fsp3) is 0.500. The molecule has 0 unspecified atom stereocenters. The average molecular weight is 186 g/mol. The van der Waals surface area contributed by atoms with E-state index in [4.69, 9.17) is 11.1 Å². The van der Waals surface area contributed by atoms with Gasteiger partial charge in [0.2, 0.25) is 0 Å². The van der Waals surface area contributed by atoms with Crippen LogP contribution in [-0.2, 0) is 4.79 Å². The van der Waals surface area contributed by atoms with Gasteiger partial charge in [0.05, 0.1) is 11.6 Å². The summed E-state index contributed by atoms with van der Waals surface area (Å²) in [5, 5.41) is 7.69. The molecule has 0 spiro atoms. The summed E-state index contributed by atoms with van der Waals surface area (Å²) in [6, 6.07) is 0. The molecule has 0 aliphatic rings. The monoisotopic (exact) mass is 186 g/mol.